The van der Waals surface area contributed by atoms with Crippen LogP contribution in [0.25, 0.3) is 0 Å². The summed E-state index contributed by atoms with van der Waals surface area (Å²) >= 11 is 3.45. The van der Waals surface area contributed by atoms with E-state index in [-0.39, 0.29) is 6.10 Å². The number of aryl methyl sites for hydroxylation is 1. The molecule has 1 aliphatic rings. The summed E-state index contributed by atoms with van der Waals surface area (Å²) in [4.78, 5) is 0. The Morgan fingerprint density at radius 3 is 2.95 bits per heavy atom. The average Bonchev–Trinajstić information content (AvgIpc) is 2.78. The van der Waals surface area contributed by atoms with Crippen molar-refractivity contribution in [3.8, 4) is 5.75 Å². The fourth-order valence-electron chi connectivity index (χ4n) is 2.45. The van der Waals surface area contributed by atoms with E-state index in [1.165, 1.54) is 5.56 Å². The summed E-state index contributed by atoms with van der Waals surface area (Å²) in [6.45, 7) is 0.556. The molecular formula is C16H15BrO2. The molecule has 0 amide bonds. The zero-order valence-corrected chi connectivity index (χ0v) is 12.1. The minimum atomic E-state index is -0.297. The summed E-state index contributed by atoms with van der Waals surface area (Å²) in [5, 5.41) is 9.76. The van der Waals surface area contributed by atoms with Gasteiger partial charge >= 0.3 is 0 Å². The fourth-order valence-corrected chi connectivity index (χ4v) is 2.90. The summed E-state index contributed by atoms with van der Waals surface area (Å²) in [6.07, 6.45) is 1.46. The van der Waals surface area contributed by atoms with Crippen LogP contribution in [0.1, 0.15) is 29.2 Å². The molecule has 0 fully saturated rings. The number of fused-ring (bicyclic) bond motifs is 1. The Morgan fingerprint density at radius 2 is 2.11 bits per heavy atom. The maximum Gasteiger partial charge on any atom is 0.120 e. The van der Waals surface area contributed by atoms with E-state index in [9.17, 15) is 5.11 Å². The number of rotatable bonds is 3. The summed E-state index contributed by atoms with van der Waals surface area (Å²) in [6, 6.07) is 14.1. The fraction of sp³-hybridized carbons (Fsp3) is 0.250. The van der Waals surface area contributed by atoms with Crippen molar-refractivity contribution in [2.45, 2.75) is 25.6 Å². The quantitative estimate of drug-likeness (QED) is 0.926. The van der Waals surface area contributed by atoms with Gasteiger partial charge in [0, 0.05) is 4.47 Å². The monoisotopic (exact) mass is 318 g/mol. The summed E-state index contributed by atoms with van der Waals surface area (Å²) in [5.41, 5.74) is 3.39. The molecule has 98 valence electrons. The molecule has 0 aromatic heterocycles. The highest BCUT2D eigenvalue weighted by Gasteiger charge is 2.20. The van der Waals surface area contributed by atoms with Gasteiger partial charge in [0.1, 0.15) is 12.4 Å². The van der Waals surface area contributed by atoms with Crippen LogP contribution >= 0.6 is 15.9 Å². The lowest BCUT2D eigenvalue weighted by atomic mass is 10.1. The molecule has 3 rings (SSSR count). The second kappa shape index (κ2) is 5.35. The van der Waals surface area contributed by atoms with Crippen LogP contribution in [-0.4, -0.2) is 5.11 Å². The Bertz CT molecular complexity index is 595. The van der Waals surface area contributed by atoms with Crippen LogP contribution in [0.2, 0.25) is 0 Å². The van der Waals surface area contributed by atoms with Gasteiger partial charge in [0.15, 0.2) is 0 Å². The SMILES string of the molecule is O[C@H]1CCc2cc(OCc3cccc(Br)c3)ccc21. The summed E-state index contributed by atoms with van der Waals surface area (Å²) in [7, 11) is 0. The predicted octanol–water partition coefficient (Wildman–Crippen LogP) is 4.01. The van der Waals surface area contributed by atoms with Crippen molar-refractivity contribution in [2.75, 3.05) is 0 Å². The first kappa shape index (κ1) is 12.7. The minimum Gasteiger partial charge on any atom is -0.489 e. The predicted molar refractivity (Wildman–Crippen MR) is 78.2 cm³/mol. The highest BCUT2D eigenvalue weighted by Crippen LogP contribution is 2.33. The van der Waals surface area contributed by atoms with Gasteiger partial charge in [-0.05, 0) is 53.8 Å². The molecule has 0 saturated carbocycles. The van der Waals surface area contributed by atoms with E-state index in [0.29, 0.717) is 6.61 Å². The van der Waals surface area contributed by atoms with Crippen LogP contribution in [0.15, 0.2) is 46.9 Å². The maximum absolute atomic E-state index is 9.76. The smallest absolute Gasteiger partial charge is 0.120 e. The van der Waals surface area contributed by atoms with Gasteiger partial charge in [-0.2, -0.15) is 0 Å². The van der Waals surface area contributed by atoms with E-state index in [1.54, 1.807) is 0 Å². The number of hydrogen-bond donors (Lipinski definition) is 1. The Labute approximate surface area is 121 Å². The molecule has 0 unspecified atom stereocenters. The molecule has 1 aliphatic carbocycles. The number of hydrogen-bond acceptors (Lipinski definition) is 2. The lowest BCUT2D eigenvalue weighted by Crippen LogP contribution is -1.96. The van der Waals surface area contributed by atoms with E-state index in [4.69, 9.17) is 4.74 Å². The summed E-state index contributed by atoms with van der Waals surface area (Å²) < 4.78 is 6.87. The molecule has 19 heavy (non-hydrogen) atoms. The number of benzene rings is 2. The molecule has 0 heterocycles. The Kier molecular flexibility index (Phi) is 3.58. The van der Waals surface area contributed by atoms with E-state index in [1.807, 2.05) is 36.4 Å². The first-order valence-electron chi connectivity index (χ1n) is 6.40. The third-order valence-corrected chi connectivity index (χ3v) is 3.95. The van der Waals surface area contributed by atoms with Crippen molar-refractivity contribution in [3.05, 3.63) is 63.6 Å². The molecule has 0 spiro atoms. The van der Waals surface area contributed by atoms with Crippen LogP contribution < -0.4 is 4.74 Å². The van der Waals surface area contributed by atoms with Gasteiger partial charge in [-0.1, -0.05) is 34.1 Å². The highest BCUT2D eigenvalue weighted by molar-refractivity contribution is 9.10. The van der Waals surface area contributed by atoms with Crippen molar-refractivity contribution in [1.29, 1.82) is 0 Å². The first-order chi connectivity index (χ1) is 9.22. The first-order valence-corrected chi connectivity index (χ1v) is 7.20. The van der Waals surface area contributed by atoms with Gasteiger partial charge in [0.05, 0.1) is 6.10 Å². The number of aliphatic hydroxyl groups is 1. The molecule has 3 heteroatoms. The van der Waals surface area contributed by atoms with E-state index in [2.05, 4.69) is 22.0 Å². The number of aliphatic hydroxyl groups excluding tert-OH is 1. The standard InChI is InChI=1S/C16H15BrO2/c17-13-3-1-2-11(8-13)10-19-14-5-6-15-12(9-14)4-7-16(15)18/h1-3,5-6,8-9,16,18H,4,7,10H2/t16-/m0/s1. The molecule has 1 atom stereocenters. The molecule has 2 nitrogen and oxygen atoms in total. The van der Waals surface area contributed by atoms with Crippen LogP contribution in [0.3, 0.4) is 0 Å². The summed E-state index contributed by atoms with van der Waals surface area (Å²) in [5.74, 6) is 0.868. The molecule has 2 aromatic carbocycles. The maximum atomic E-state index is 9.76. The van der Waals surface area contributed by atoms with Gasteiger partial charge in [-0.25, -0.2) is 0 Å². The number of halogens is 1. The van der Waals surface area contributed by atoms with Crippen LogP contribution in [0.4, 0.5) is 0 Å². The van der Waals surface area contributed by atoms with E-state index in [0.717, 1.165) is 34.2 Å². The second-order valence-electron chi connectivity index (χ2n) is 4.83. The van der Waals surface area contributed by atoms with Gasteiger partial charge < -0.3 is 9.84 Å². The molecule has 0 aliphatic heterocycles. The van der Waals surface area contributed by atoms with Crippen molar-refractivity contribution in [3.63, 3.8) is 0 Å². The Hall–Kier alpha value is -1.32. The zero-order valence-electron chi connectivity index (χ0n) is 10.5. The minimum absolute atomic E-state index is 0.297. The van der Waals surface area contributed by atoms with Crippen molar-refractivity contribution < 1.29 is 9.84 Å². The molecule has 0 bridgehead atoms. The van der Waals surface area contributed by atoms with E-state index >= 15 is 0 Å². The Balaban J connectivity index is 1.71. The molecule has 1 N–H and O–H groups in total. The average molecular weight is 319 g/mol. The third kappa shape index (κ3) is 2.82. The lowest BCUT2D eigenvalue weighted by Gasteiger charge is -2.09. The molecule has 0 radical (unpaired) electrons. The molecule has 2 aromatic rings. The van der Waals surface area contributed by atoms with E-state index < -0.39 is 0 Å². The van der Waals surface area contributed by atoms with Crippen LogP contribution in [0.5, 0.6) is 5.75 Å². The molecule has 0 saturated heterocycles. The number of ether oxygens (including phenoxy) is 1. The van der Waals surface area contributed by atoms with Gasteiger partial charge in [0.2, 0.25) is 0 Å². The normalized spacial score (nSPS) is 17.3. The van der Waals surface area contributed by atoms with Crippen molar-refractivity contribution >= 4 is 15.9 Å². The van der Waals surface area contributed by atoms with Gasteiger partial charge in [-0.3, -0.25) is 0 Å². The zero-order chi connectivity index (χ0) is 13.2. The Morgan fingerprint density at radius 1 is 1.21 bits per heavy atom. The van der Waals surface area contributed by atoms with Gasteiger partial charge in [-0.15, -0.1) is 0 Å². The second-order valence-corrected chi connectivity index (χ2v) is 5.75. The van der Waals surface area contributed by atoms with Crippen molar-refractivity contribution in [1.82, 2.24) is 0 Å². The highest BCUT2D eigenvalue weighted by atomic mass is 79.9. The van der Waals surface area contributed by atoms with Crippen LogP contribution in [-0.2, 0) is 13.0 Å². The largest absolute Gasteiger partial charge is 0.489 e. The lowest BCUT2D eigenvalue weighted by molar-refractivity contribution is 0.180. The topological polar surface area (TPSA) is 29.5 Å². The van der Waals surface area contributed by atoms with Gasteiger partial charge in [0.25, 0.3) is 0 Å². The molecular weight excluding hydrogens is 304 g/mol. The van der Waals surface area contributed by atoms with Crippen LogP contribution in [0, 0.1) is 0 Å². The van der Waals surface area contributed by atoms with Crippen molar-refractivity contribution in [2.24, 2.45) is 0 Å². The third-order valence-electron chi connectivity index (χ3n) is 3.46.